The Morgan fingerprint density at radius 3 is 2.89 bits per heavy atom. The van der Waals surface area contributed by atoms with Gasteiger partial charge in [0.1, 0.15) is 0 Å². The smallest absolute Gasteiger partial charge is 0.0952 e. The van der Waals surface area contributed by atoms with Gasteiger partial charge in [-0.2, -0.15) is 0 Å². The van der Waals surface area contributed by atoms with E-state index >= 15 is 0 Å². The van der Waals surface area contributed by atoms with Crippen molar-refractivity contribution >= 4 is 11.6 Å². The molecule has 0 fully saturated rings. The predicted octanol–water partition coefficient (Wildman–Crippen LogP) is 1.40. The fourth-order valence-electron chi connectivity index (χ4n) is 0.558. The maximum absolute atomic E-state index is 5.66. The third kappa shape index (κ3) is 1.35. The van der Waals surface area contributed by atoms with Gasteiger partial charge in [-0.25, -0.2) is 0 Å². The first-order valence-corrected chi connectivity index (χ1v) is 2.99. The first-order valence-electron chi connectivity index (χ1n) is 2.61. The van der Waals surface area contributed by atoms with Crippen molar-refractivity contribution in [1.29, 1.82) is 0 Å². The van der Waals surface area contributed by atoms with E-state index in [1.165, 1.54) is 0 Å². The van der Waals surface area contributed by atoms with Crippen molar-refractivity contribution in [2.75, 3.05) is 0 Å². The highest BCUT2D eigenvalue weighted by Crippen LogP contribution is 2.09. The van der Waals surface area contributed by atoms with Gasteiger partial charge in [-0.05, 0) is 23.8 Å². The van der Waals surface area contributed by atoms with Crippen LogP contribution in [0.1, 0.15) is 5.56 Å². The molecule has 0 aliphatic heterocycles. The van der Waals surface area contributed by atoms with Gasteiger partial charge in [0, 0.05) is 6.54 Å². The lowest BCUT2D eigenvalue weighted by atomic mass is 10.2. The molecule has 9 heavy (non-hydrogen) atoms. The highest BCUT2D eigenvalue weighted by Gasteiger charge is 1.91. The maximum atomic E-state index is 5.66. The molecule has 2 N–H and O–H groups in total. The molecule has 0 heterocycles. The second-order valence-corrected chi connectivity index (χ2v) is 2.02. The Bertz CT molecular complexity index is 198. The summed E-state index contributed by atoms with van der Waals surface area (Å²) in [6, 6.07) is 9.01. The molecule has 0 unspecified atom stereocenters. The van der Waals surface area contributed by atoms with Gasteiger partial charge in [0.2, 0.25) is 0 Å². The van der Waals surface area contributed by atoms with Gasteiger partial charge in [-0.3, -0.25) is 0 Å². The van der Waals surface area contributed by atoms with Crippen LogP contribution in [0.15, 0.2) is 12.1 Å². The second kappa shape index (κ2) is 2.72. The van der Waals surface area contributed by atoms with Crippen molar-refractivity contribution in [3.63, 3.8) is 0 Å². The number of hydrogen-bond donors (Lipinski definition) is 1. The molecule has 0 aliphatic rings. The lowest BCUT2D eigenvalue weighted by molar-refractivity contribution is 1.07. The molecule has 0 spiro atoms. The Morgan fingerprint density at radius 2 is 2.44 bits per heavy atom. The van der Waals surface area contributed by atoms with Crippen molar-refractivity contribution in [3.05, 3.63) is 34.9 Å². The fraction of sp³-hybridized carbons (Fsp3) is 0.143. The molecule has 1 nitrogen and oxygen atoms in total. The molecule has 0 aromatic heterocycles. The topological polar surface area (TPSA) is 26.0 Å². The van der Waals surface area contributed by atoms with Crippen LogP contribution in [0.5, 0.6) is 0 Å². The molecule has 0 saturated carbocycles. The average molecular weight is 140 g/mol. The van der Waals surface area contributed by atoms with Gasteiger partial charge in [-0.15, -0.1) is 0 Å². The van der Waals surface area contributed by atoms with Crippen LogP contribution in [0.25, 0.3) is 0 Å². The SMILES string of the molecule is NCc1ccc#cc1Cl. The minimum atomic E-state index is 0.462. The Hall–Kier alpha value is -0.710. The zero-order chi connectivity index (χ0) is 6.69. The summed E-state index contributed by atoms with van der Waals surface area (Å²) in [7, 11) is 0. The molecule has 2 heteroatoms. The number of halogens is 1. The van der Waals surface area contributed by atoms with E-state index in [2.05, 4.69) is 12.1 Å². The standard InChI is InChI=1S/C7H6ClN/c8-7-4-2-1-3-6(7)5-9/h1,3H,5,9H2. The summed E-state index contributed by atoms with van der Waals surface area (Å²) >= 11 is 5.66. The third-order valence-electron chi connectivity index (χ3n) is 1.05. The molecule has 1 aromatic rings. The normalized spacial score (nSPS) is 8.67. The van der Waals surface area contributed by atoms with Gasteiger partial charge in [0.25, 0.3) is 0 Å². The van der Waals surface area contributed by atoms with Crippen LogP contribution in [0, 0.1) is 12.1 Å². The summed E-state index contributed by atoms with van der Waals surface area (Å²) in [5.74, 6) is 0. The Kier molecular flexibility index (Phi) is 1.94. The van der Waals surface area contributed by atoms with Gasteiger partial charge in [-0.1, -0.05) is 17.7 Å². The van der Waals surface area contributed by atoms with E-state index < -0.39 is 0 Å². The Morgan fingerprint density at radius 1 is 1.67 bits per heavy atom. The monoisotopic (exact) mass is 139 g/mol. The predicted molar refractivity (Wildman–Crippen MR) is 37.0 cm³/mol. The van der Waals surface area contributed by atoms with E-state index in [0.717, 1.165) is 5.56 Å². The summed E-state index contributed by atoms with van der Waals surface area (Å²) in [4.78, 5) is 0. The van der Waals surface area contributed by atoms with E-state index in [1.54, 1.807) is 6.07 Å². The van der Waals surface area contributed by atoms with Gasteiger partial charge < -0.3 is 5.73 Å². The second-order valence-electron chi connectivity index (χ2n) is 1.65. The molecule has 0 radical (unpaired) electrons. The van der Waals surface area contributed by atoms with Crippen LogP contribution >= 0.6 is 11.6 Å². The molecular weight excluding hydrogens is 134 g/mol. The molecule has 0 aliphatic carbocycles. The minimum Gasteiger partial charge on any atom is -0.326 e. The van der Waals surface area contributed by atoms with Crippen molar-refractivity contribution in [1.82, 2.24) is 0 Å². The third-order valence-corrected chi connectivity index (χ3v) is 1.39. The van der Waals surface area contributed by atoms with Gasteiger partial charge in [0.15, 0.2) is 0 Å². The molecule has 0 atom stereocenters. The lowest BCUT2D eigenvalue weighted by Gasteiger charge is -1.92. The van der Waals surface area contributed by atoms with E-state index in [0.29, 0.717) is 11.6 Å². The number of nitrogens with two attached hydrogens (primary N) is 1. The van der Waals surface area contributed by atoms with E-state index in [1.807, 2.05) is 6.07 Å². The summed E-state index contributed by atoms with van der Waals surface area (Å²) < 4.78 is 0. The fourth-order valence-corrected chi connectivity index (χ4v) is 0.753. The first-order chi connectivity index (χ1) is 4.34. The number of hydrogen-bond acceptors (Lipinski definition) is 1. The van der Waals surface area contributed by atoms with Crippen LogP contribution in [0.2, 0.25) is 5.02 Å². The summed E-state index contributed by atoms with van der Waals surface area (Å²) in [6.07, 6.45) is 0. The van der Waals surface area contributed by atoms with Crippen molar-refractivity contribution in [3.8, 4) is 0 Å². The molecule has 46 valence electrons. The molecular formula is C7H6ClN. The zero-order valence-corrected chi connectivity index (χ0v) is 5.57. The van der Waals surface area contributed by atoms with Crippen molar-refractivity contribution in [2.24, 2.45) is 5.73 Å². The summed E-state index contributed by atoms with van der Waals surface area (Å²) in [6.45, 7) is 0.462. The molecule has 0 amide bonds. The summed E-state index contributed by atoms with van der Waals surface area (Å²) in [5, 5.41) is 0.569. The molecule has 0 saturated heterocycles. The Labute approximate surface area is 59.4 Å². The van der Waals surface area contributed by atoms with Crippen molar-refractivity contribution < 1.29 is 0 Å². The van der Waals surface area contributed by atoms with Crippen LogP contribution in [0.4, 0.5) is 0 Å². The molecule has 0 bridgehead atoms. The molecule has 1 rings (SSSR count). The Balaban J connectivity index is 3.01. The quantitative estimate of drug-likeness (QED) is 0.626. The van der Waals surface area contributed by atoms with Crippen LogP contribution in [-0.4, -0.2) is 0 Å². The largest absolute Gasteiger partial charge is 0.326 e. The average Bonchev–Trinajstić information content (AvgIpc) is 1.89. The van der Waals surface area contributed by atoms with Gasteiger partial charge in [0.05, 0.1) is 5.02 Å². The van der Waals surface area contributed by atoms with Crippen LogP contribution in [0.3, 0.4) is 0 Å². The maximum Gasteiger partial charge on any atom is 0.0952 e. The van der Waals surface area contributed by atoms with Crippen LogP contribution < -0.4 is 5.73 Å². The van der Waals surface area contributed by atoms with Crippen LogP contribution in [-0.2, 0) is 6.54 Å². The van der Waals surface area contributed by atoms with E-state index in [9.17, 15) is 0 Å². The van der Waals surface area contributed by atoms with E-state index in [-0.39, 0.29) is 0 Å². The van der Waals surface area contributed by atoms with Gasteiger partial charge >= 0.3 is 0 Å². The highest BCUT2D eigenvalue weighted by molar-refractivity contribution is 6.31. The highest BCUT2D eigenvalue weighted by atomic mass is 35.5. The first kappa shape index (κ1) is 6.41. The zero-order valence-electron chi connectivity index (χ0n) is 4.82. The number of rotatable bonds is 1. The van der Waals surface area contributed by atoms with Crippen molar-refractivity contribution in [2.45, 2.75) is 6.54 Å². The summed E-state index contributed by atoms with van der Waals surface area (Å²) in [5.41, 5.74) is 6.24. The van der Waals surface area contributed by atoms with E-state index in [4.69, 9.17) is 17.3 Å². The lowest BCUT2D eigenvalue weighted by Crippen LogP contribution is -1.95. The minimum absolute atomic E-state index is 0.462. The molecule has 1 aromatic carbocycles.